The second-order valence-corrected chi connectivity index (χ2v) is 4.80. The van der Waals surface area contributed by atoms with Gasteiger partial charge in [-0.2, -0.15) is 0 Å². The smallest absolute Gasteiger partial charge is 0.253 e. The maximum Gasteiger partial charge on any atom is 0.253 e. The lowest BCUT2D eigenvalue weighted by Gasteiger charge is -2.18. The average Bonchev–Trinajstić information content (AvgIpc) is 2.52. The van der Waals surface area contributed by atoms with Gasteiger partial charge >= 0.3 is 0 Å². The molecule has 0 bridgehead atoms. The van der Waals surface area contributed by atoms with Crippen LogP contribution >= 0.6 is 12.4 Å². The van der Waals surface area contributed by atoms with Crippen LogP contribution in [0.3, 0.4) is 0 Å². The molecule has 6 heteroatoms. The summed E-state index contributed by atoms with van der Waals surface area (Å²) in [5, 5.41) is 5.79. The van der Waals surface area contributed by atoms with Gasteiger partial charge in [0.15, 0.2) is 0 Å². The molecule has 0 spiro atoms. The summed E-state index contributed by atoms with van der Waals surface area (Å²) < 4.78 is 0. The molecular weight excluding hydrogens is 302 g/mol. The zero-order valence-corrected chi connectivity index (χ0v) is 14.3. The van der Waals surface area contributed by atoms with Crippen LogP contribution in [0.5, 0.6) is 0 Å². The second-order valence-electron chi connectivity index (χ2n) is 4.80. The van der Waals surface area contributed by atoms with Crippen molar-refractivity contribution in [3.05, 3.63) is 35.4 Å². The van der Waals surface area contributed by atoms with Gasteiger partial charge in [-0.3, -0.25) is 9.59 Å². The Balaban J connectivity index is 0.00000441. The van der Waals surface area contributed by atoms with Crippen molar-refractivity contribution >= 4 is 24.2 Å². The highest BCUT2D eigenvalue weighted by atomic mass is 35.5. The Kier molecular flexibility index (Phi) is 10.2. The van der Waals surface area contributed by atoms with Crippen molar-refractivity contribution in [3.8, 4) is 0 Å². The number of carbonyl (C=O) groups excluding carboxylic acids is 2. The standard InChI is InChI=1S/C16H25N3O2.ClH/c1-4-19(5-2)16(21)14-8-6-13(7-9-14)12-18-15(20)10-11-17-3;/h6-9,17H,4-5,10-12H2,1-3H3,(H,18,20);1H. The van der Waals surface area contributed by atoms with E-state index in [4.69, 9.17) is 0 Å². The fourth-order valence-electron chi connectivity index (χ4n) is 1.99. The molecule has 0 heterocycles. The van der Waals surface area contributed by atoms with E-state index >= 15 is 0 Å². The molecule has 0 saturated carbocycles. The number of carbonyl (C=O) groups is 2. The number of nitrogens with one attached hydrogen (secondary N) is 2. The Hall–Kier alpha value is -1.59. The molecular formula is C16H26ClN3O2. The summed E-state index contributed by atoms with van der Waals surface area (Å²) in [4.78, 5) is 25.4. The lowest BCUT2D eigenvalue weighted by molar-refractivity contribution is -0.121. The summed E-state index contributed by atoms with van der Waals surface area (Å²) in [6, 6.07) is 7.40. The largest absolute Gasteiger partial charge is 0.352 e. The topological polar surface area (TPSA) is 61.4 Å². The molecule has 0 unspecified atom stereocenters. The van der Waals surface area contributed by atoms with Crippen molar-refractivity contribution in [2.24, 2.45) is 0 Å². The van der Waals surface area contributed by atoms with Crippen LogP contribution in [0, 0.1) is 0 Å². The molecule has 1 rings (SSSR count). The number of benzene rings is 1. The first kappa shape index (κ1) is 20.4. The van der Waals surface area contributed by atoms with Gasteiger partial charge in [0.1, 0.15) is 0 Å². The summed E-state index contributed by atoms with van der Waals surface area (Å²) in [5.41, 5.74) is 1.67. The first-order valence-electron chi connectivity index (χ1n) is 7.41. The van der Waals surface area contributed by atoms with Gasteiger partial charge in [0, 0.05) is 38.2 Å². The van der Waals surface area contributed by atoms with E-state index in [1.165, 1.54) is 0 Å². The monoisotopic (exact) mass is 327 g/mol. The molecule has 22 heavy (non-hydrogen) atoms. The van der Waals surface area contributed by atoms with Crippen LogP contribution in [0.4, 0.5) is 0 Å². The number of hydrogen-bond acceptors (Lipinski definition) is 3. The Morgan fingerprint density at radius 1 is 1.09 bits per heavy atom. The van der Waals surface area contributed by atoms with Crippen molar-refractivity contribution in [1.82, 2.24) is 15.5 Å². The lowest BCUT2D eigenvalue weighted by Crippen LogP contribution is -2.30. The minimum atomic E-state index is 0. The van der Waals surface area contributed by atoms with Crippen LogP contribution in [0.1, 0.15) is 36.2 Å². The fourth-order valence-corrected chi connectivity index (χ4v) is 1.99. The Morgan fingerprint density at radius 3 is 2.18 bits per heavy atom. The normalized spacial score (nSPS) is 9.77. The molecule has 0 atom stereocenters. The van der Waals surface area contributed by atoms with Gasteiger partial charge in [-0.05, 0) is 38.6 Å². The third-order valence-corrected chi connectivity index (χ3v) is 3.34. The molecule has 0 fully saturated rings. The molecule has 1 aromatic carbocycles. The number of halogens is 1. The lowest BCUT2D eigenvalue weighted by atomic mass is 10.1. The fraction of sp³-hybridized carbons (Fsp3) is 0.500. The minimum absolute atomic E-state index is 0. The minimum Gasteiger partial charge on any atom is -0.352 e. The molecule has 124 valence electrons. The average molecular weight is 328 g/mol. The number of hydrogen-bond donors (Lipinski definition) is 2. The van der Waals surface area contributed by atoms with E-state index in [0.717, 1.165) is 5.56 Å². The summed E-state index contributed by atoms with van der Waals surface area (Å²) >= 11 is 0. The predicted octanol–water partition coefficient (Wildman–Crippen LogP) is 1.82. The van der Waals surface area contributed by atoms with Crippen LogP contribution < -0.4 is 10.6 Å². The SMILES string of the molecule is CCN(CC)C(=O)c1ccc(CNC(=O)CCNC)cc1.Cl. The van der Waals surface area contributed by atoms with Crippen molar-refractivity contribution in [2.75, 3.05) is 26.7 Å². The van der Waals surface area contributed by atoms with E-state index in [0.29, 0.717) is 38.2 Å². The molecule has 5 nitrogen and oxygen atoms in total. The van der Waals surface area contributed by atoms with Crippen LogP contribution in [0.15, 0.2) is 24.3 Å². The maximum absolute atomic E-state index is 12.2. The van der Waals surface area contributed by atoms with E-state index in [-0.39, 0.29) is 24.2 Å². The van der Waals surface area contributed by atoms with Crippen molar-refractivity contribution < 1.29 is 9.59 Å². The number of nitrogens with zero attached hydrogens (tertiary/aromatic N) is 1. The van der Waals surface area contributed by atoms with Crippen molar-refractivity contribution in [2.45, 2.75) is 26.8 Å². The van der Waals surface area contributed by atoms with Gasteiger partial charge in [0.25, 0.3) is 5.91 Å². The number of rotatable bonds is 8. The Labute approximate surface area is 138 Å². The van der Waals surface area contributed by atoms with Crippen LogP contribution in [0.25, 0.3) is 0 Å². The van der Waals surface area contributed by atoms with Crippen LogP contribution in [0.2, 0.25) is 0 Å². The zero-order chi connectivity index (χ0) is 15.7. The summed E-state index contributed by atoms with van der Waals surface area (Å²) in [6.07, 6.45) is 0.467. The molecule has 0 aliphatic heterocycles. The summed E-state index contributed by atoms with van der Waals surface area (Å²) in [7, 11) is 1.82. The molecule has 1 aromatic rings. The predicted molar refractivity (Wildman–Crippen MR) is 91.3 cm³/mol. The molecule has 0 aliphatic rings. The van der Waals surface area contributed by atoms with Gasteiger partial charge in [0.05, 0.1) is 0 Å². The molecule has 0 aromatic heterocycles. The van der Waals surface area contributed by atoms with Gasteiger partial charge < -0.3 is 15.5 Å². The van der Waals surface area contributed by atoms with E-state index in [1.807, 2.05) is 45.2 Å². The number of amides is 2. The highest BCUT2D eigenvalue weighted by Crippen LogP contribution is 2.08. The van der Waals surface area contributed by atoms with E-state index < -0.39 is 0 Å². The molecule has 2 N–H and O–H groups in total. The third kappa shape index (κ3) is 6.45. The van der Waals surface area contributed by atoms with Crippen LogP contribution in [-0.2, 0) is 11.3 Å². The summed E-state index contributed by atoms with van der Waals surface area (Å²) in [6.45, 7) is 6.51. The van der Waals surface area contributed by atoms with Gasteiger partial charge in [-0.15, -0.1) is 12.4 Å². The van der Waals surface area contributed by atoms with Crippen molar-refractivity contribution in [1.29, 1.82) is 0 Å². The summed E-state index contributed by atoms with van der Waals surface area (Å²) in [5.74, 6) is 0.0669. The van der Waals surface area contributed by atoms with Gasteiger partial charge in [0.2, 0.25) is 5.91 Å². The molecule has 0 aliphatic carbocycles. The second kappa shape index (κ2) is 11.0. The van der Waals surface area contributed by atoms with Gasteiger partial charge in [-0.1, -0.05) is 12.1 Å². The Morgan fingerprint density at radius 2 is 1.68 bits per heavy atom. The Bertz CT molecular complexity index is 459. The third-order valence-electron chi connectivity index (χ3n) is 3.34. The van der Waals surface area contributed by atoms with Crippen LogP contribution in [-0.4, -0.2) is 43.4 Å². The quantitative estimate of drug-likeness (QED) is 0.765. The highest BCUT2D eigenvalue weighted by molar-refractivity contribution is 5.94. The first-order valence-corrected chi connectivity index (χ1v) is 7.41. The highest BCUT2D eigenvalue weighted by Gasteiger charge is 2.11. The molecule has 0 radical (unpaired) electrons. The van der Waals surface area contributed by atoms with E-state index in [1.54, 1.807) is 4.90 Å². The maximum atomic E-state index is 12.2. The van der Waals surface area contributed by atoms with Gasteiger partial charge in [-0.25, -0.2) is 0 Å². The van der Waals surface area contributed by atoms with E-state index in [2.05, 4.69) is 10.6 Å². The first-order chi connectivity index (χ1) is 10.1. The van der Waals surface area contributed by atoms with E-state index in [9.17, 15) is 9.59 Å². The molecule has 0 saturated heterocycles. The zero-order valence-electron chi connectivity index (χ0n) is 13.5. The van der Waals surface area contributed by atoms with Crippen molar-refractivity contribution in [3.63, 3.8) is 0 Å². The molecule has 2 amide bonds.